The summed E-state index contributed by atoms with van der Waals surface area (Å²) >= 11 is 1.80. The van der Waals surface area contributed by atoms with E-state index in [-0.39, 0.29) is 30.6 Å². The lowest BCUT2D eigenvalue weighted by molar-refractivity contribution is 0.300. The third-order valence-electron chi connectivity index (χ3n) is 2.44. The molecule has 1 heterocycles. The largest absolute Gasteiger partial charge is 0.395 e. The third-order valence-corrected chi connectivity index (χ3v) is 3.34. The number of aliphatic imine (C=N–C) groups is 1. The second-order valence-electron chi connectivity index (χ2n) is 4.26. The Morgan fingerprint density at radius 3 is 2.84 bits per heavy atom. The van der Waals surface area contributed by atoms with E-state index in [0.29, 0.717) is 12.5 Å². The van der Waals surface area contributed by atoms with E-state index in [2.05, 4.69) is 40.1 Å². The Hall–Kier alpha value is -0.340. The predicted octanol–water partition coefficient (Wildman–Crippen LogP) is 2.09. The van der Waals surface area contributed by atoms with Crippen molar-refractivity contribution >= 4 is 41.3 Å². The lowest BCUT2D eigenvalue weighted by atomic mass is 10.1. The molecule has 0 radical (unpaired) electrons. The molecule has 0 bridgehead atoms. The van der Waals surface area contributed by atoms with Crippen LogP contribution in [0.2, 0.25) is 0 Å². The van der Waals surface area contributed by atoms with Crippen molar-refractivity contribution in [3.8, 4) is 0 Å². The highest BCUT2D eigenvalue weighted by molar-refractivity contribution is 14.0. The quantitative estimate of drug-likeness (QED) is 0.375. The molecule has 0 aliphatic heterocycles. The maximum Gasteiger partial charge on any atom is 0.191 e. The topological polar surface area (TPSA) is 56.7 Å². The highest BCUT2D eigenvalue weighted by Gasteiger charge is 2.04. The number of aliphatic hydroxyl groups is 1. The maximum atomic E-state index is 8.79. The van der Waals surface area contributed by atoms with Crippen LogP contribution < -0.4 is 10.6 Å². The number of nitrogens with zero attached hydrogens (tertiary/aromatic N) is 1. The molecule has 0 amide bonds. The predicted molar refractivity (Wildman–Crippen MR) is 93.7 cm³/mol. The molecule has 3 N–H and O–H groups in total. The van der Waals surface area contributed by atoms with Crippen LogP contribution in [0.4, 0.5) is 0 Å². The monoisotopic (exact) mass is 397 g/mol. The van der Waals surface area contributed by atoms with E-state index in [9.17, 15) is 0 Å². The Bertz CT molecular complexity index is 344. The van der Waals surface area contributed by atoms with Gasteiger partial charge in [-0.25, -0.2) is 0 Å². The van der Waals surface area contributed by atoms with E-state index >= 15 is 0 Å². The first kappa shape index (κ1) is 18.7. The highest BCUT2D eigenvalue weighted by Crippen LogP contribution is 2.14. The Balaban J connectivity index is 0.00000324. The minimum Gasteiger partial charge on any atom is -0.395 e. The van der Waals surface area contributed by atoms with Gasteiger partial charge in [0.15, 0.2) is 5.96 Å². The molecule has 1 rings (SSSR count). The average Bonchev–Trinajstić information content (AvgIpc) is 2.85. The minimum atomic E-state index is 0. The lowest BCUT2D eigenvalue weighted by Gasteiger charge is -2.12. The molecule has 0 spiro atoms. The van der Waals surface area contributed by atoms with Crippen molar-refractivity contribution in [3.05, 3.63) is 22.4 Å². The first-order valence-corrected chi connectivity index (χ1v) is 7.29. The lowest BCUT2D eigenvalue weighted by Crippen LogP contribution is -2.39. The number of aliphatic hydroxyl groups excluding tert-OH is 1. The summed E-state index contributed by atoms with van der Waals surface area (Å²) in [5, 5.41) is 17.1. The number of hydrogen-bond donors (Lipinski definition) is 3. The van der Waals surface area contributed by atoms with Gasteiger partial charge in [-0.3, -0.25) is 4.99 Å². The van der Waals surface area contributed by atoms with Gasteiger partial charge in [-0.05, 0) is 30.7 Å². The molecule has 0 saturated carbocycles. The number of thiophene rings is 1. The number of nitrogens with one attached hydrogen (secondary N) is 2. The summed E-state index contributed by atoms with van der Waals surface area (Å²) in [6, 6.07) is 4.25. The standard InChI is InChI=1S/C13H23N3OS.HI/c1-3-14-13(15-6-7-17)16-10-11(2)9-12-5-4-8-18-12;/h4-5,8,11,17H,3,6-7,9-10H2,1-2H3,(H2,14,15,16);1H. The van der Waals surface area contributed by atoms with Crippen molar-refractivity contribution in [2.24, 2.45) is 10.9 Å². The van der Waals surface area contributed by atoms with Gasteiger partial charge >= 0.3 is 0 Å². The summed E-state index contributed by atoms with van der Waals surface area (Å²) in [4.78, 5) is 5.93. The maximum absolute atomic E-state index is 8.79. The number of halogens is 1. The average molecular weight is 397 g/mol. The van der Waals surface area contributed by atoms with Crippen molar-refractivity contribution in [2.75, 3.05) is 26.2 Å². The second-order valence-corrected chi connectivity index (χ2v) is 5.29. The van der Waals surface area contributed by atoms with Crippen LogP contribution in [-0.2, 0) is 6.42 Å². The SMILES string of the molecule is CCNC(=NCC(C)Cc1cccs1)NCCO.I. The summed E-state index contributed by atoms with van der Waals surface area (Å²) in [6.07, 6.45) is 1.07. The number of rotatable bonds is 7. The molecule has 4 nitrogen and oxygen atoms in total. The van der Waals surface area contributed by atoms with Crippen LogP contribution in [0, 0.1) is 5.92 Å². The molecule has 0 saturated heterocycles. The molecular weight excluding hydrogens is 373 g/mol. The van der Waals surface area contributed by atoms with Crippen molar-refractivity contribution in [1.82, 2.24) is 10.6 Å². The minimum absolute atomic E-state index is 0. The fourth-order valence-electron chi connectivity index (χ4n) is 1.60. The molecule has 0 aliphatic rings. The first-order valence-electron chi connectivity index (χ1n) is 6.41. The van der Waals surface area contributed by atoms with Gasteiger partial charge in [0, 0.05) is 24.5 Å². The Labute approximate surface area is 136 Å². The molecule has 1 aromatic heterocycles. The van der Waals surface area contributed by atoms with Gasteiger partial charge in [0.2, 0.25) is 0 Å². The zero-order chi connectivity index (χ0) is 13.2. The summed E-state index contributed by atoms with van der Waals surface area (Å²) in [6.45, 7) is 6.51. The Morgan fingerprint density at radius 2 is 2.26 bits per heavy atom. The smallest absolute Gasteiger partial charge is 0.191 e. The summed E-state index contributed by atoms with van der Waals surface area (Å²) < 4.78 is 0. The van der Waals surface area contributed by atoms with Gasteiger partial charge in [-0.15, -0.1) is 35.3 Å². The normalized spacial score (nSPS) is 12.7. The fraction of sp³-hybridized carbons (Fsp3) is 0.615. The van der Waals surface area contributed by atoms with E-state index in [1.54, 1.807) is 11.3 Å². The van der Waals surface area contributed by atoms with Crippen molar-refractivity contribution in [3.63, 3.8) is 0 Å². The van der Waals surface area contributed by atoms with Gasteiger partial charge in [0.05, 0.1) is 6.61 Å². The fourth-order valence-corrected chi connectivity index (χ4v) is 2.47. The van der Waals surface area contributed by atoms with Crippen molar-refractivity contribution in [1.29, 1.82) is 0 Å². The van der Waals surface area contributed by atoms with Crippen LogP contribution in [-0.4, -0.2) is 37.3 Å². The van der Waals surface area contributed by atoms with Gasteiger partial charge in [0.1, 0.15) is 0 Å². The second kappa shape index (κ2) is 11.5. The van der Waals surface area contributed by atoms with E-state index in [1.165, 1.54) is 4.88 Å². The zero-order valence-corrected chi connectivity index (χ0v) is 14.7. The third kappa shape index (κ3) is 8.43. The molecule has 110 valence electrons. The van der Waals surface area contributed by atoms with E-state index in [4.69, 9.17) is 5.11 Å². The van der Waals surface area contributed by atoms with Crippen LogP contribution in [0.15, 0.2) is 22.5 Å². The number of hydrogen-bond acceptors (Lipinski definition) is 3. The van der Waals surface area contributed by atoms with Crippen LogP contribution >= 0.6 is 35.3 Å². The molecular formula is C13H24IN3OS. The van der Waals surface area contributed by atoms with Crippen LogP contribution in [0.3, 0.4) is 0 Å². The highest BCUT2D eigenvalue weighted by atomic mass is 127. The van der Waals surface area contributed by atoms with Crippen molar-refractivity contribution in [2.45, 2.75) is 20.3 Å². The molecule has 0 aliphatic carbocycles. The molecule has 6 heteroatoms. The molecule has 0 fully saturated rings. The van der Waals surface area contributed by atoms with Crippen molar-refractivity contribution < 1.29 is 5.11 Å². The van der Waals surface area contributed by atoms with E-state index < -0.39 is 0 Å². The van der Waals surface area contributed by atoms with Gasteiger partial charge < -0.3 is 15.7 Å². The molecule has 1 aromatic rings. The van der Waals surface area contributed by atoms with Gasteiger partial charge in [-0.1, -0.05) is 13.0 Å². The summed E-state index contributed by atoms with van der Waals surface area (Å²) in [5.41, 5.74) is 0. The molecule has 0 aromatic carbocycles. The van der Waals surface area contributed by atoms with Crippen LogP contribution in [0.25, 0.3) is 0 Å². The molecule has 19 heavy (non-hydrogen) atoms. The Morgan fingerprint density at radius 1 is 1.47 bits per heavy atom. The van der Waals surface area contributed by atoms with Gasteiger partial charge in [0.25, 0.3) is 0 Å². The summed E-state index contributed by atoms with van der Waals surface area (Å²) in [7, 11) is 0. The van der Waals surface area contributed by atoms with Crippen LogP contribution in [0.5, 0.6) is 0 Å². The summed E-state index contributed by atoms with van der Waals surface area (Å²) in [5.74, 6) is 1.30. The molecule has 1 unspecified atom stereocenters. The van der Waals surface area contributed by atoms with E-state index in [1.807, 2.05) is 6.92 Å². The Kier molecular flexibility index (Phi) is 11.3. The molecule has 1 atom stereocenters. The van der Waals surface area contributed by atoms with Gasteiger partial charge in [-0.2, -0.15) is 0 Å². The van der Waals surface area contributed by atoms with Crippen LogP contribution in [0.1, 0.15) is 18.7 Å². The first-order chi connectivity index (χ1) is 8.76. The van der Waals surface area contributed by atoms with E-state index in [0.717, 1.165) is 25.5 Å². The number of guanidine groups is 1. The zero-order valence-electron chi connectivity index (χ0n) is 11.6.